The smallest absolute Gasteiger partial charge is 0.169 e. The molecule has 0 aliphatic carbocycles. The van der Waals surface area contributed by atoms with E-state index in [0.717, 1.165) is 50.9 Å². The highest BCUT2D eigenvalue weighted by molar-refractivity contribution is 7.80. The standard InChI is InChI=1S/C17H25N3OS/c1-14-5-2-3-7-16(14)19-8-10-20(11-9-19)17(22)18-13-15-6-4-12-21-15/h2-3,5,7,15H,4,6,8-13H2,1H3,(H,18,22)/t15-/m0/s1. The van der Waals surface area contributed by atoms with E-state index in [1.807, 2.05) is 0 Å². The Kier molecular flexibility index (Phi) is 5.16. The molecule has 0 saturated carbocycles. The molecule has 2 aliphatic heterocycles. The monoisotopic (exact) mass is 319 g/mol. The molecule has 1 aromatic carbocycles. The summed E-state index contributed by atoms with van der Waals surface area (Å²) in [5.41, 5.74) is 2.69. The van der Waals surface area contributed by atoms with Gasteiger partial charge in [0.2, 0.25) is 0 Å². The van der Waals surface area contributed by atoms with Crippen molar-refractivity contribution >= 4 is 23.0 Å². The van der Waals surface area contributed by atoms with Crippen molar-refractivity contribution in [2.75, 3.05) is 44.2 Å². The summed E-state index contributed by atoms with van der Waals surface area (Å²) in [4.78, 5) is 4.73. The van der Waals surface area contributed by atoms with Gasteiger partial charge in [0.1, 0.15) is 0 Å². The summed E-state index contributed by atoms with van der Waals surface area (Å²) in [5.74, 6) is 0. The molecule has 2 fully saturated rings. The molecule has 5 heteroatoms. The number of rotatable bonds is 3. The number of piperazine rings is 1. The van der Waals surface area contributed by atoms with E-state index in [9.17, 15) is 0 Å². The van der Waals surface area contributed by atoms with Gasteiger partial charge >= 0.3 is 0 Å². The molecular formula is C17H25N3OS. The molecule has 120 valence electrons. The normalized spacial score (nSPS) is 22.0. The number of benzene rings is 1. The second-order valence-corrected chi connectivity index (χ2v) is 6.47. The van der Waals surface area contributed by atoms with Crippen LogP contribution in [0.25, 0.3) is 0 Å². The Morgan fingerprint density at radius 3 is 2.73 bits per heavy atom. The van der Waals surface area contributed by atoms with Crippen molar-refractivity contribution in [1.29, 1.82) is 0 Å². The van der Waals surface area contributed by atoms with Gasteiger partial charge in [-0.1, -0.05) is 18.2 Å². The molecule has 0 radical (unpaired) electrons. The first kappa shape index (κ1) is 15.6. The average molecular weight is 319 g/mol. The predicted molar refractivity (Wildman–Crippen MR) is 94.5 cm³/mol. The van der Waals surface area contributed by atoms with Crippen LogP contribution in [0.1, 0.15) is 18.4 Å². The summed E-state index contributed by atoms with van der Waals surface area (Å²) in [6.07, 6.45) is 2.66. The van der Waals surface area contributed by atoms with Gasteiger partial charge in [-0.15, -0.1) is 0 Å². The van der Waals surface area contributed by atoms with E-state index in [1.165, 1.54) is 17.7 Å². The fourth-order valence-electron chi connectivity index (χ4n) is 3.19. The first-order valence-electron chi connectivity index (χ1n) is 8.19. The van der Waals surface area contributed by atoms with Gasteiger partial charge in [0, 0.05) is 45.0 Å². The zero-order valence-corrected chi connectivity index (χ0v) is 14.1. The van der Waals surface area contributed by atoms with Crippen LogP contribution in [0, 0.1) is 6.92 Å². The summed E-state index contributed by atoms with van der Waals surface area (Å²) in [6, 6.07) is 8.59. The van der Waals surface area contributed by atoms with Crippen molar-refractivity contribution in [3.05, 3.63) is 29.8 Å². The maximum atomic E-state index is 5.63. The molecule has 0 aromatic heterocycles. The van der Waals surface area contributed by atoms with E-state index in [-0.39, 0.29) is 0 Å². The van der Waals surface area contributed by atoms with Crippen LogP contribution in [-0.2, 0) is 4.74 Å². The van der Waals surface area contributed by atoms with Crippen molar-refractivity contribution in [3.63, 3.8) is 0 Å². The molecule has 1 aromatic rings. The van der Waals surface area contributed by atoms with Crippen LogP contribution >= 0.6 is 12.2 Å². The average Bonchev–Trinajstić information content (AvgIpc) is 3.07. The third kappa shape index (κ3) is 3.70. The van der Waals surface area contributed by atoms with E-state index in [1.54, 1.807) is 0 Å². The summed E-state index contributed by atoms with van der Waals surface area (Å²) >= 11 is 5.53. The molecule has 4 nitrogen and oxygen atoms in total. The van der Waals surface area contributed by atoms with Crippen LogP contribution in [0.2, 0.25) is 0 Å². The number of ether oxygens (including phenoxy) is 1. The molecule has 0 spiro atoms. The predicted octanol–water partition coefficient (Wildman–Crippen LogP) is 2.17. The molecule has 22 heavy (non-hydrogen) atoms. The van der Waals surface area contributed by atoms with Gasteiger partial charge in [0.15, 0.2) is 5.11 Å². The number of nitrogens with zero attached hydrogens (tertiary/aromatic N) is 2. The summed E-state index contributed by atoms with van der Waals surface area (Å²) < 4.78 is 5.63. The number of hydrogen-bond acceptors (Lipinski definition) is 3. The van der Waals surface area contributed by atoms with Crippen molar-refractivity contribution in [2.45, 2.75) is 25.9 Å². The SMILES string of the molecule is Cc1ccccc1N1CCN(C(=S)NC[C@@H]2CCCO2)CC1. The third-order valence-corrected chi connectivity index (χ3v) is 4.93. The second-order valence-electron chi connectivity index (χ2n) is 6.08. The Labute approximate surface area is 138 Å². The molecule has 2 aliphatic rings. The minimum Gasteiger partial charge on any atom is -0.376 e. The molecule has 3 rings (SSSR count). The van der Waals surface area contributed by atoms with E-state index in [0.29, 0.717) is 6.10 Å². The van der Waals surface area contributed by atoms with Crippen LogP contribution < -0.4 is 10.2 Å². The lowest BCUT2D eigenvalue weighted by atomic mass is 10.1. The van der Waals surface area contributed by atoms with Crippen LogP contribution in [-0.4, -0.2) is 55.4 Å². The second kappa shape index (κ2) is 7.29. The molecule has 0 amide bonds. The molecule has 1 N–H and O–H groups in total. The number of anilines is 1. The zero-order valence-electron chi connectivity index (χ0n) is 13.3. The third-order valence-electron chi connectivity index (χ3n) is 4.53. The first-order chi connectivity index (χ1) is 10.7. The molecule has 2 saturated heterocycles. The van der Waals surface area contributed by atoms with Gasteiger partial charge in [-0.3, -0.25) is 0 Å². The molecule has 0 unspecified atom stereocenters. The lowest BCUT2D eigenvalue weighted by Gasteiger charge is -2.38. The van der Waals surface area contributed by atoms with Gasteiger partial charge in [-0.25, -0.2) is 0 Å². The van der Waals surface area contributed by atoms with Gasteiger partial charge in [0.25, 0.3) is 0 Å². The summed E-state index contributed by atoms with van der Waals surface area (Å²) in [6.45, 7) is 7.91. The van der Waals surface area contributed by atoms with Crippen LogP contribution in [0.4, 0.5) is 5.69 Å². The van der Waals surface area contributed by atoms with Gasteiger partial charge in [0.05, 0.1) is 6.10 Å². The largest absolute Gasteiger partial charge is 0.376 e. The topological polar surface area (TPSA) is 27.7 Å². The van der Waals surface area contributed by atoms with Crippen LogP contribution in [0.3, 0.4) is 0 Å². The lowest BCUT2D eigenvalue weighted by Crippen LogP contribution is -2.52. The fraction of sp³-hybridized carbons (Fsp3) is 0.588. The van der Waals surface area contributed by atoms with E-state index in [4.69, 9.17) is 17.0 Å². The van der Waals surface area contributed by atoms with Crippen molar-refractivity contribution < 1.29 is 4.74 Å². The van der Waals surface area contributed by atoms with E-state index in [2.05, 4.69) is 46.3 Å². The Bertz CT molecular complexity index is 508. The number of thiocarbonyl (C=S) groups is 1. The summed E-state index contributed by atoms with van der Waals surface area (Å²) in [5, 5.41) is 4.25. The number of aryl methyl sites for hydroxylation is 1. The maximum absolute atomic E-state index is 5.63. The van der Waals surface area contributed by atoms with Crippen molar-refractivity contribution in [3.8, 4) is 0 Å². The fourth-order valence-corrected chi connectivity index (χ4v) is 3.45. The molecule has 2 heterocycles. The van der Waals surface area contributed by atoms with Crippen LogP contribution in [0.15, 0.2) is 24.3 Å². The highest BCUT2D eigenvalue weighted by atomic mass is 32.1. The zero-order chi connectivity index (χ0) is 15.4. The molecule has 1 atom stereocenters. The van der Waals surface area contributed by atoms with Gasteiger partial charge in [-0.2, -0.15) is 0 Å². The lowest BCUT2D eigenvalue weighted by molar-refractivity contribution is 0.113. The van der Waals surface area contributed by atoms with E-state index < -0.39 is 0 Å². The Hall–Kier alpha value is -1.33. The quantitative estimate of drug-likeness (QED) is 0.862. The van der Waals surface area contributed by atoms with Crippen molar-refractivity contribution in [1.82, 2.24) is 10.2 Å². The Morgan fingerprint density at radius 1 is 1.27 bits per heavy atom. The van der Waals surface area contributed by atoms with Crippen molar-refractivity contribution in [2.24, 2.45) is 0 Å². The number of nitrogens with one attached hydrogen (secondary N) is 1. The number of para-hydroxylation sites is 1. The highest BCUT2D eigenvalue weighted by Gasteiger charge is 2.21. The minimum absolute atomic E-state index is 0.339. The molecule has 0 bridgehead atoms. The van der Waals surface area contributed by atoms with Crippen LogP contribution in [0.5, 0.6) is 0 Å². The minimum atomic E-state index is 0.339. The van der Waals surface area contributed by atoms with Gasteiger partial charge < -0.3 is 19.9 Å². The molecular weight excluding hydrogens is 294 g/mol. The van der Waals surface area contributed by atoms with Gasteiger partial charge in [-0.05, 0) is 43.6 Å². The maximum Gasteiger partial charge on any atom is 0.169 e. The number of hydrogen-bond donors (Lipinski definition) is 1. The highest BCUT2D eigenvalue weighted by Crippen LogP contribution is 2.20. The Balaban J connectivity index is 1.46. The Morgan fingerprint density at radius 2 is 2.05 bits per heavy atom. The summed E-state index contributed by atoms with van der Waals surface area (Å²) in [7, 11) is 0. The first-order valence-corrected chi connectivity index (χ1v) is 8.60. The van der Waals surface area contributed by atoms with E-state index >= 15 is 0 Å².